The molecule has 0 spiro atoms. The molecular weight excluding hydrogens is 560 g/mol. The highest BCUT2D eigenvalue weighted by Crippen LogP contribution is 2.32. The van der Waals surface area contributed by atoms with Crippen LogP contribution in [-0.4, -0.2) is 34.0 Å². The quantitative estimate of drug-likeness (QED) is 0.192. The Hall–Kier alpha value is -5.28. The van der Waals surface area contributed by atoms with Gasteiger partial charge in [0, 0.05) is 17.3 Å². The number of hydrogen-bond donors (Lipinski definition) is 0. The van der Waals surface area contributed by atoms with E-state index in [4.69, 9.17) is 19.6 Å². The van der Waals surface area contributed by atoms with E-state index in [-0.39, 0.29) is 12.2 Å². The first kappa shape index (κ1) is 27.9. The number of ether oxygens (including phenoxy) is 2. The number of carbonyl (C=O) groups excluding carboxylic acids is 1. The van der Waals surface area contributed by atoms with Gasteiger partial charge in [0.1, 0.15) is 12.4 Å². The number of benzene rings is 3. The number of rotatable bonds is 8. The molecule has 3 heterocycles. The minimum atomic E-state index is -0.734. The van der Waals surface area contributed by atoms with Crippen LogP contribution in [0.3, 0.4) is 0 Å². The molecule has 5 aromatic rings. The summed E-state index contributed by atoms with van der Waals surface area (Å²) in [5.41, 5.74) is 4.61. The SMILES string of the molecule is C=CCOC(=O)C1=C(C)N=c2s/c(=C/c3cn(-c4ccccc4)nc3-c3ccccc3)c(=O)n2C1c1ccc(OC)cc1. The van der Waals surface area contributed by atoms with Crippen LogP contribution < -0.4 is 19.6 Å². The third kappa shape index (κ3) is 5.38. The monoisotopic (exact) mass is 588 g/mol. The lowest BCUT2D eigenvalue weighted by atomic mass is 9.96. The number of allylic oxidation sites excluding steroid dienone is 1. The first-order chi connectivity index (χ1) is 21.0. The summed E-state index contributed by atoms with van der Waals surface area (Å²) in [7, 11) is 1.59. The molecule has 2 aromatic heterocycles. The van der Waals surface area contributed by atoms with Gasteiger partial charge in [0.05, 0.1) is 40.3 Å². The second-order valence-corrected chi connectivity index (χ2v) is 10.8. The van der Waals surface area contributed by atoms with E-state index in [1.54, 1.807) is 30.7 Å². The molecule has 0 radical (unpaired) electrons. The van der Waals surface area contributed by atoms with E-state index >= 15 is 0 Å². The molecule has 3 aromatic carbocycles. The summed E-state index contributed by atoms with van der Waals surface area (Å²) in [6, 6.07) is 26.2. The van der Waals surface area contributed by atoms with Crippen molar-refractivity contribution >= 4 is 23.4 Å². The van der Waals surface area contributed by atoms with Crippen molar-refractivity contribution < 1.29 is 14.3 Å². The number of methoxy groups -OCH3 is 1. The van der Waals surface area contributed by atoms with E-state index < -0.39 is 12.0 Å². The number of nitrogens with zero attached hydrogens (tertiary/aromatic N) is 4. The average molecular weight is 589 g/mol. The Morgan fingerprint density at radius 2 is 1.72 bits per heavy atom. The molecule has 1 atom stereocenters. The summed E-state index contributed by atoms with van der Waals surface area (Å²) in [5.74, 6) is 0.114. The first-order valence-corrected chi connectivity index (χ1v) is 14.4. The standard InChI is InChI=1S/C34H28N4O4S/c1-4-19-42-33(40)29-22(2)35-34-38(31(29)24-15-17-27(41-3)18-16-24)32(39)28(43-34)20-25-21-37(26-13-9-6-10-14-26)36-30(25)23-11-7-5-8-12-23/h4-18,20-21,31H,1,19H2,2-3H3/b28-20+. The van der Waals surface area contributed by atoms with E-state index in [2.05, 4.69) is 6.58 Å². The third-order valence-corrected chi connectivity index (χ3v) is 8.09. The minimum absolute atomic E-state index is 0.0447. The number of para-hydroxylation sites is 1. The molecule has 8 nitrogen and oxygen atoms in total. The Morgan fingerprint density at radius 1 is 1.02 bits per heavy atom. The summed E-state index contributed by atoms with van der Waals surface area (Å²) in [6.45, 7) is 5.45. The van der Waals surface area contributed by atoms with Gasteiger partial charge in [-0.3, -0.25) is 9.36 Å². The van der Waals surface area contributed by atoms with E-state index in [1.807, 2.05) is 89.8 Å². The van der Waals surface area contributed by atoms with Crippen LogP contribution in [0.15, 0.2) is 125 Å². The number of esters is 1. The van der Waals surface area contributed by atoms with Crippen molar-refractivity contribution in [1.82, 2.24) is 14.3 Å². The van der Waals surface area contributed by atoms with Gasteiger partial charge in [-0.2, -0.15) is 5.10 Å². The van der Waals surface area contributed by atoms with Crippen LogP contribution in [0.2, 0.25) is 0 Å². The van der Waals surface area contributed by atoms with Crippen LogP contribution in [0.4, 0.5) is 0 Å². The van der Waals surface area contributed by atoms with Crippen LogP contribution in [0, 0.1) is 0 Å². The van der Waals surface area contributed by atoms with Gasteiger partial charge < -0.3 is 9.47 Å². The first-order valence-electron chi connectivity index (χ1n) is 13.6. The van der Waals surface area contributed by atoms with Crippen molar-refractivity contribution in [3.8, 4) is 22.7 Å². The fraction of sp³-hybridized carbons (Fsp3) is 0.118. The lowest BCUT2D eigenvalue weighted by Crippen LogP contribution is -2.39. The predicted octanol–water partition coefficient (Wildman–Crippen LogP) is 4.83. The molecule has 0 aliphatic carbocycles. The van der Waals surface area contributed by atoms with Gasteiger partial charge in [-0.05, 0) is 42.8 Å². The topological polar surface area (TPSA) is 87.7 Å². The minimum Gasteiger partial charge on any atom is -0.497 e. The second-order valence-electron chi connectivity index (χ2n) is 9.82. The van der Waals surface area contributed by atoms with Gasteiger partial charge in [-0.15, -0.1) is 0 Å². The highest BCUT2D eigenvalue weighted by Gasteiger charge is 2.33. The van der Waals surface area contributed by atoms with Gasteiger partial charge in [-0.25, -0.2) is 14.5 Å². The fourth-order valence-corrected chi connectivity index (χ4v) is 6.10. The van der Waals surface area contributed by atoms with Crippen LogP contribution in [0.5, 0.6) is 5.75 Å². The summed E-state index contributed by atoms with van der Waals surface area (Å²) in [6.07, 6.45) is 5.27. The van der Waals surface area contributed by atoms with Crippen molar-refractivity contribution in [3.05, 3.63) is 146 Å². The van der Waals surface area contributed by atoms with E-state index in [0.717, 1.165) is 28.1 Å². The second kappa shape index (κ2) is 11.9. The molecule has 6 rings (SSSR count). The number of fused-ring (bicyclic) bond motifs is 1. The van der Waals surface area contributed by atoms with Gasteiger partial charge in [-0.1, -0.05) is 84.7 Å². The zero-order valence-electron chi connectivity index (χ0n) is 23.6. The van der Waals surface area contributed by atoms with Crippen LogP contribution in [0.1, 0.15) is 24.1 Å². The molecule has 214 valence electrons. The van der Waals surface area contributed by atoms with Crippen molar-refractivity contribution in [2.75, 3.05) is 13.7 Å². The molecule has 0 bridgehead atoms. The molecular formula is C34H28N4O4S. The molecule has 43 heavy (non-hydrogen) atoms. The molecule has 1 aliphatic heterocycles. The van der Waals surface area contributed by atoms with Crippen molar-refractivity contribution in [1.29, 1.82) is 0 Å². The van der Waals surface area contributed by atoms with Gasteiger partial charge in [0.25, 0.3) is 5.56 Å². The van der Waals surface area contributed by atoms with Crippen molar-refractivity contribution in [2.24, 2.45) is 4.99 Å². The maximum atomic E-state index is 14.2. The summed E-state index contributed by atoms with van der Waals surface area (Å²) in [5, 5.41) is 4.88. The molecule has 0 saturated carbocycles. The van der Waals surface area contributed by atoms with Crippen molar-refractivity contribution in [2.45, 2.75) is 13.0 Å². The number of carbonyl (C=O) groups is 1. The van der Waals surface area contributed by atoms with Gasteiger partial charge in [0.15, 0.2) is 4.80 Å². The largest absolute Gasteiger partial charge is 0.497 e. The molecule has 0 N–H and O–H groups in total. The predicted molar refractivity (Wildman–Crippen MR) is 167 cm³/mol. The van der Waals surface area contributed by atoms with Crippen LogP contribution in [-0.2, 0) is 9.53 Å². The molecule has 1 aliphatic rings. The summed E-state index contributed by atoms with van der Waals surface area (Å²) < 4.78 is 14.6. The molecule has 0 amide bonds. The Morgan fingerprint density at radius 3 is 2.40 bits per heavy atom. The number of hydrogen-bond acceptors (Lipinski definition) is 7. The highest BCUT2D eigenvalue weighted by molar-refractivity contribution is 7.07. The highest BCUT2D eigenvalue weighted by atomic mass is 32.1. The molecule has 0 fully saturated rings. The zero-order valence-corrected chi connectivity index (χ0v) is 24.5. The Labute approximate surface area is 251 Å². The Balaban J connectivity index is 1.54. The van der Waals surface area contributed by atoms with E-state index in [0.29, 0.717) is 26.4 Å². The molecule has 9 heteroatoms. The smallest absolute Gasteiger partial charge is 0.338 e. The Bertz CT molecular complexity index is 2020. The van der Waals surface area contributed by atoms with Crippen LogP contribution >= 0.6 is 11.3 Å². The number of aromatic nitrogens is 3. The summed E-state index contributed by atoms with van der Waals surface area (Å²) in [4.78, 5) is 32.6. The van der Waals surface area contributed by atoms with E-state index in [9.17, 15) is 9.59 Å². The lowest BCUT2D eigenvalue weighted by molar-refractivity contribution is -0.138. The molecule has 0 saturated heterocycles. The maximum absolute atomic E-state index is 14.2. The fourth-order valence-electron chi connectivity index (χ4n) is 5.06. The normalized spacial score (nSPS) is 14.7. The van der Waals surface area contributed by atoms with Crippen LogP contribution in [0.25, 0.3) is 23.0 Å². The Kier molecular flexibility index (Phi) is 7.72. The van der Waals surface area contributed by atoms with Crippen molar-refractivity contribution in [3.63, 3.8) is 0 Å². The zero-order chi connectivity index (χ0) is 29.9. The average Bonchev–Trinajstić information content (AvgIpc) is 3.60. The molecule has 1 unspecified atom stereocenters. The lowest BCUT2D eigenvalue weighted by Gasteiger charge is -2.24. The number of thiazole rings is 1. The maximum Gasteiger partial charge on any atom is 0.338 e. The van der Waals surface area contributed by atoms with Gasteiger partial charge >= 0.3 is 5.97 Å². The third-order valence-electron chi connectivity index (χ3n) is 7.10. The van der Waals surface area contributed by atoms with Gasteiger partial charge in [0.2, 0.25) is 0 Å². The summed E-state index contributed by atoms with van der Waals surface area (Å²) >= 11 is 1.27. The van der Waals surface area contributed by atoms with E-state index in [1.165, 1.54) is 17.4 Å².